The third-order valence-corrected chi connectivity index (χ3v) is 3.54. The van der Waals surface area contributed by atoms with Gasteiger partial charge in [-0.3, -0.25) is 0 Å². The van der Waals surface area contributed by atoms with Crippen LogP contribution in [0.25, 0.3) is 0 Å². The van der Waals surface area contributed by atoms with E-state index >= 15 is 0 Å². The maximum Gasteiger partial charge on any atom is 0.416 e. The lowest BCUT2D eigenvalue weighted by Gasteiger charge is -2.15. The van der Waals surface area contributed by atoms with Crippen molar-refractivity contribution in [2.75, 3.05) is 19.6 Å². The summed E-state index contributed by atoms with van der Waals surface area (Å²) in [4.78, 5) is 12.5. The van der Waals surface area contributed by atoms with Crippen molar-refractivity contribution in [3.05, 3.63) is 35.4 Å². The Bertz CT molecular complexity index is 427. The fourth-order valence-electron chi connectivity index (χ4n) is 2.49. The topological polar surface area (TPSA) is 20.3 Å². The fraction of sp³-hybridized carbons (Fsp3) is 0.500. The normalized spacial score (nSPS) is 20.7. The molecule has 0 aliphatic carbocycles. The number of nitrogens with zero attached hydrogens (tertiary/aromatic N) is 1. The van der Waals surface area contributed by atoms with Crippen LogP contribution in [0.15, 0.2) is 24.3 Å². The first-order valence-corrected chi connectivity index (χ1v) is 6.34. The average molecular weight is 271 g/mol. The number of rotatable bonds is 4. The van der Waals surface area contributed by atoms with Gasteiger partial charge < -0.3 is 9.69 Å². The third-order valence-electron chi connectivity index (χ3n) is 3.54. The molecule has 1 aliphatic heterocycles. The van der Waals surface area contributed by atoms with Crippen LogP contribution >= 0.6 is 0 Å². The van der Waals surface area contributed by atoms with Gasteiger partial charge >= 0.3 is 6.18 Å². The summed E-state index contributed by atoms with van der Waals surface area (Å²) in [7, 11) is 0. The highest BCUT2D eigenvalue weighted by Crippen LogP contribution is 2.32. The molecule has 1 atom stereocenters. The molecule has 1 aliphatic rings. The standard InChI is InChI=1S/C14H16F3NO/c15-14(16,17)13-4-2-11(3-5-13)12-6-8-18(10-12)7-1-9-19/h2-5,9,12H,1,6-8,10H2. The predicted molar refractivity (Wildman–Crippen MR) is 65.9 cm³/mol. The van der Waals surface area contributed by atoms with Gasteiger partial charge in [0.15, 0.2) is 0 Å². The Morgan fingerprint density at radius 3 is 2.53 bits per heavy atom. The van der Waals surface area contributed by atoms with E-state index in [0.29, 0.717) is 6.42 Å². The van der Waals surface area contributed by atoms with Gasteiger partial charge in [0.05, 0.1) is 5.56 Å². The molecular weight excluding hydrogens is 255 g/mol. The number of carbonyl (C=O) groups excluding carboxylic acids is 1. The van der Waals surface area contributed by atoms with E-state index in [1.54, 1.807) is 12.1 Å². The fourth-order valence-corrected chi connectivity index (χ4v) is 2.49. The smallest absolute Gasteiger partial charge is 0.303 e. The predicted octanol–water partition coefficient (Wildman–Crippen LogP) is 3.08. The molecule has 0 bridgehead atoms. The van der Waals surface area contributed by atoms with Crippen LogP contribution in [0.3, 0.4) is 0 Å². The second kappa shape index (κ2) is 5.74. The molecule has 0 amide bonds. The highest BCUT2D eigenvalue weighted by Gasteiger charge is 2.30. The lowest BCUT2D eigenvalue weighted by molar-refractivity contribution is -0.137. The van der Waals surface area contributed by atoms with E-state index in [1.165, 1.54) is 0 Å². The van der Waals surface area contributed by atoms with E-state index in [4.69, 9.17) is 0 Å². The Kier molecular flexibility index (Phi) is 4.24. The molecule has 1 aromatic carbocycles. The molecule has 0 radical (unpaired) electrons. The van der Waals surface area contributed by atoms with E-state index < -0.39 is 11.7 Å². The number of aldehydes is 1. The number of benzene rings is 1. The van der Waals surface area contributed by atoms with Gasteiger partial charge in [-0.1, -0.05) is 12.1 Å². The molecule has 5 heteroatoms. The molecule has 0 spiro atoms. The summed E-state index contributed by atoms with van der Waals surface area (Å²) in [6, 6.07) is 5.42. The van der Waals surface area contributed by atoms with Gasteiger partial charge in [0.25, 0.3) is 0 Å². The summed E-state index contributed by atoms with van der Waals surface area (Å²) >= 11 is 0. The molecule has 2 nitrogen and oxygen atoms in total. The maximum atomic E-state index is 12.5. The minimum absolute atomic E-state index is 0.272. The molecule has 1 heterocycles. The molecule has 104 valence electrons. The van der Waals surface area contributed by atoms with Gasteiger partial charge in [-0.15, -0.1) is 0 Å². The molecule has 1 unspecified atom stereocenters. The Morgan fingerprint density at radius 1 is 1.26 bits per heavy atom. The molecule has 1 fully saturated rings. The number of alkyl halides is 3. The summed E-state index contributed by atoms with van der Waals surface area (Å²) in [5.41, 5.74) is 0.341. The van der Waals surface area contributed by atoms with Crippen molar-refractivity contribution in [3.8, 4) is 0 Å². The quantitative estimate of drug-likeness (QED) is 0.784. The second-order valence-electron chi connectivity index (χ2n) is 4.86. The van der Waals surface area contributed by atoms with Crippen LogP contribution in [-0.4, -0.2) is 30.8 Å². The van der Waals surface area contributed by atoms with Crippen LogP contribution in [0.2, 0.25) is 0 Å². The molecule has 0 saturated carbocycles. The number of hydrogen-bond donors (Lipinski definition) is 0. The molecule has 19 heavy (non-hydrogen) atoms. The Labute approximate surface area is 110 Å². The highest BCUT2D eigenvalue weighted by molar-refractivity contribution is 5.49. The van der Waals surface area contributed by atoms with Crippen molar-refractivity contribution < 1.29 is 18.0 Å². The zero-order valence-corrected chi connectivity index (χ0v) is 10.5. The van der Waals surface area contributed by atoms with Gasteiger partial charge in [0, 0.05) is 19.5 Å². The first-order valence-electron chi connectivity index (χ1n) is 6.34. The lowest BCUT2D eigenvalue weighted by atomic mass is 9.97. The first-order chi connectivity index (χ1) is 9.00. The van der Waals surface area contributed by atoms with Crippen molar-refractivity contribution in [1.29, 1.82) is 0 Å². The van der Waals surface area contributed by atoms with Crippen LogP contribution in [0, 0.1) is 0 Å². The number of carbonyl (C=O) groups is 1. The molecule has 0 aromatic heterocycles. The summed E-state index contributed by atoms with van der Waals surface area (Å²) < 4.78 is 37.4. The van der Waals surface area contributed by atoms with Crippen LogP contribution in [0.5, 0.6) is 0 Å². The van der Waals surface area contributed by atoms with Crippen LogP contribution in [0.1, 0.15) is 29.9 Å². The minimum atomic E-state index is -4.27. The second-order valence-corrected chi connectivity index (χ2v) is 4.86. The first kappa shape index (κ1) is 14.1. The third kappa shape index (κ3) is 3.56. The summed E-state index contributed by atoms with van der Waals surface area (Å²) in [6.07, 6.45) is -1.93. The molecule has 0 N–H and O–H groups in total. The van der Waals surface area contributed by atoms with E-state index in [2.05, 4.69) is 4.90 Å². The van der Waals surface area contributed by atoms with Gasteiger partial charge in [-0.2, -0.15) is 13.2 Å². The summed E-state index contributed by atoms with van der Waals surface area (Å²) in [5, 5.41) is 0. The lowest BCUT2D eigenvalue weighted by Crippen LogP contribution is -2.21. The molecule has 1 saturated heterocycles. The van der Waals surface area contributed by atoms with E-state index in [0.717, 1.165) is 50.0 Å². The highest BCUT2D eigenvalue weighted by atomic mass is 19.4. The summed E-state index contributed by atoms with van der Waals surface area (Å²) in [5.74, 6) is 0.272. The Morgan fingerprint density at radius 2 is 1.95 bits per heavy atom. The van der Waals surface area contributed by atoms with E-state index in [-0.39, 0.29) is 5.92 Å². The van der Waals surface area contributed by atoms with Crippen molar-refractivity contribution in [2.24, 2.45) is 0 Å². The number of likely N-dealkylation sites (tertiary alicyclic amines) is 1. The van der Waals surface area contributed by atoms with Crippen molar-refractivity contribution >= 4 is 6.29 Å². The van der Waals surface area contributed by atoms with Crippen LogP contribution < -0.4 is 0 Å². The average Bonchev–Trinajstić information content (AvgIpc) is 2.84. The van der Waals surface area contributed by atoms with Crippen LogP contribution in [-0.2, 0) is 11.0 Å². The van der Waals surface area contributed by atoms with Gasteiger partial charge in [0.1, 0.15) is 6.29 Å². The number of hydrogen-bond acceptors (Lipinski definition) is 2. The van der Waals surface area contributed by atoms with Crippen molar-refractivity contribution in [2.45, 2.75) is 24.9 Å². The Hall–Kier alpha value is -1.36. The zero-order chi connectivity index (χ0) is 13.9. The minimum Gasteiger partial charge on any atom is -0.303 e. The molecular formula is C14H16F3NO. The van der Waals surface area contributed by atoms with Gasteiger partial charge in [-0.25, -0.2) is 0 Å². The number of halogens is 3. The SMILES string of the molecule is O=CCCN1CCC(c2ccc(C(F)(F)F)cc2)C1. The van der Waals surface area contributed by atoms with Gasteiger partial charge in [0.2, 0.25) is 0 Å². The van der Waals surface area contributed by atoms with Crippen molar-refractivity contribution in [3.63, 3.8) is 0 Å². The van der Waals surface area contributed by atoms with Gasteiger partial charge in [-0.05, 0) is 36.6 Å². The Balaban J connectivity index is 1.98. The van der Waals surface area contributed by atoms with E-state index in [1.807, 2.05) is 0 Å². The molecule has 1 aromatic rings. The maximum absolute atomic E-state index is 12.5. The molecule has 2 rings (SSSR count). The van der Waals surface area contributed by atoms with Crippen molar-refractivity contribution in [1.82, 2.24) is 4.90 Å². The van der Waals surface area contributed by atoms with Crippen LogP contribution in [0.4, 0.5) is 13.2 Å². The zero-order valence-electron chi connectivity index (χ0n) is 10.5. The van der Waals surface area contributed by atoms with E-state index in [9.17, 15) is 18.0 Å². The summed E-state index contributed by atoms with van der Waals surface area (Å²) in [6.45, 7) is 2.46. The largest absolute Gasteiger partial charge is 0.416 e. The monoisotopic (exact) mass is 271 g/mol.